The van der Waals surface area contributed by atoms with Gasteiger partial charge in [0, 0.05) is 25.7 Å². The van der Waals surface area contributed by atoms with Gasteiger partial charge in [0.25, 0.3) is 5.69 Å². The summed E-state index contributed by atoms with van der Waals surface area (Å²) < 4.78 is 13.3. The van der Waals surface area contributed by atoms with Crippen LogP contribution in [0.15, 0.2) is 18.2 Å². The van der Waals surface area contributed by atoms with Gasteiger partial charge in [0.1, 0.15) is 5.82 Å². The van der Waals surface area contributed by atoms with Gasteiger partial charge in [-0.25, -0.2) is 4.39 Å². The fourth-order valence-electron chi connectivity index (χ4n) is 2.81. The van der Waals surface area contributed by atoms with E-state index in [0.29, 0.717) is 31.1 Å². The molecule has 0 amide bonds. The van der Waals surface area contributed by atoms with E-state index in [0.717, 1.165) is 18.9 Å². The zero-order chi connectivity index (χ0) is 13.6. The first kappa shape index (κ1) is 12.5. The van der Waals surface area contributed by atoms with Crippen molar-refractivity contribution in [2.24, 2.45) is 5.92 Å². The average Bonchev–Trinajstić information content (AvgIpc) is 3.09. The zero-order valence-electron chi connectivity index (χ0n) is 10.4. The van der Waals surface area contributed by atoms with E-state index in [1.807, 2.05) is 4.90 Å². The van der Waals surface area contributed by atoms with Crippen LogP contribution in [-0.2, 0) is 6.54 Å². The van der Waals surface area contributed by atoms with Crippen LogP contribution in [0.2, 0.25) is 0 Å². The summed E-state index contributed by atoms with van der Waals surface area (Å²) >= 11 is 0. The fourth-order valence-corrected chi connectivity index (χ4v) is 2.81. The summed E-state index contributed by atoms with van der Waals surface area (Å²) in [6, 6.07) is 3.61. The maximum atomic E-state index is 13.3. The Morgan fingerprint density at radius 2 is 2.11 bits per heavy atom. The predicted molar refractivity (Wildman–Crippen MR) is 66.0 cm³/mol. The third kappa shape index (κ3) is 2.46. The van der Waals surface area contributed by atoms with E-state index in [9.17, 15) is 19.6 Å². The Balaban J connectivity index is 1.66. The van der Waals surface area contributed by atoms with E-state index in [1.165, 1.54) is 12.1 Å². The molecule has 5 nitrogen and oxygen atoms in total. The first-order chi connectivity index (χ1) is 8.96. The molecule has 6 heteroatoms. The highest BCUT2D eigenvalue weighted by molar-refractivity contribution is 5.35. The van der Waals surface area contributed by atoms with Crippen LogP contribution in [0.4, 0.5) is 10.1 Å². The van der Waals surface area contributed by atoms with E-state index in [4.69, 9.17) is 0 Å². The summed E-state index contributed by atoms with van der Waals surface area (Å²) in [5.74, 6) is -0.187. The molecule has 0 spiro atoms. The number of benzene rings is 1. The number of β-amino-alcohol motifs (C(OH)–C–C–N with tert-alkyl or cyclic N) is 1. The van der Waals surface area contributed by atoms with Gasteiger partial charge < -0.3 is 5.11 Å². The molecule has 0 unspecified atom stereocenters. The lowest BCUT2D eigenvalue weighted by molar-refractivity contribution is -0.385. The molecular formula is C13H15FN2O3. The second-order valence-corrected chi connectivity index (χ2v) is 5.60. The molecule has 1 aromatic rings. The van der Waals surface area contributed by atoms with Crippen molar-refractivity contribution in [2.45, 2.75) is 25.0 Å². The molecule has 0 bridgehead atoms. The summed E-state index contributed by atoms with van der Waals surface area (Å²) in [6.45, 7) is 1.58. The maximum absolute atomic E-state index is 13.3. The quantitative estimate of drug-likeness (QED) is 0.665. The summed E-state index contributed by atoms with van der Waals surface area (Å²) in [4.78, 5) is 12.0. The topological polar surface area (TPSA) is 66.6 Å². The molecule has 0 atom stereocenters. The van der Waals surface area contributed by atoms with Gasteiger partial charge in [0.2, 0.25) is 0 Å². The van der Waals surface area contributed by atoms with Gasteiger partial charge in [-0.3, -0.25) is 15.0 Å². The summed E-state index contributed by atoms with van der Waals surface area (Å²) in [5, 5.41) is 20.8. The van der Waals surface area contributed by atoms with Crippen molar-refractivity contribution in [3.8, 4) is 0 Å². The number of hydrogen-bond acceptors (Lipinski definition) is 4. The van der Waals surface area contributed by atoms with E-state index < -0.39 is 16.3 Å². The Bertz CT molecular complexity index is 525. The van der Waals surface area contributed by atoms with Crippen LogP contribution >= 0.6 is 0 Å². The lowest BCUT2D eigenvalue weighted by Crippen LogP contribution is -2.62. The molecule has 1 saturated carbocycles. The van der Waals surface area contributed by atoms with Crippen molar-refractivity contribution in [3.05, 3.63) is 39.7 Å². The Morgan fingerprint density at radius 3 is 2.68 bits per heavy atom. The highest BCUT2D eigenvalue weighted by atomic mass is 19.1. The van der Waals surface area contributed by atoms with Crippen molar-refractivity contribution in [2.75, 3.05) is 13.1 Å². The Labute approximate surface area is 109 Å². The fraction of sp³-hybridized carbons (Fsp3) is 0.538. The number of likely N-dealkylation sites (tertiary alicyclic amines) is 1. The van der Waals surface area contributed by atoms with Crippen LogP contribution in [0.25, 0.3) is 0 Å². The Morgan fingerprint density at radius 1 is 1.42 bits per heavy atom. The van der Waals surface area contributed by atoms with Crippen LogP contribution in [0.3, 0.4) is 0 Å². The van der Waals surface area contributed by atoms with Crippen LogP contribution in [0.5, 0.6) is 0 Å². The van der Waals surface area contributed by atoms with Gasteiger partial charge in [-0.1, -0.05) is 0 Å². The Kier molecular flexibility index (Phi) is 2.79. The predicted octanol–water partition coefficient (Wildman–Crippen LogP) is 1.69. The van der Waals surface area contributed by atoms with Crippen LogP contribution in [0.1, 0.15) is 18.4 Å². The third-order valence-electron chi connectivity index (χ3n) is 3.89. The van der Waals surface area contributed by atoms with Crippen molar-refractivity contribution in [3.63, 3.8) is 0 Å². The molecule has 19 heavy (non-hydrogen) atoms. The Hall–Kier alpha value is -1.53. The summed E-state index contributed by atoms with van der Waals surface area (Å²) in [5.41, 5.74) is -0.239. The van der Waals surface area contributed by atoms with Crippen LogP contribution in [-0.4, -0.2) is 33.6 Å². The first-order valence-corrected chi connectivity index (χ1v) is 6.35. The number of nitrogens with zero attached hydrogens (tertiary/aromatic N) is 2. The number of rotatable bonds is 4. The molecule has 0 aromatic heterocycles. The lowest BCUT2D eigenvalue weighted by atomic mass is 9.88. The number of nitro groups is 1. The van der Waals surface area contributed by atoms with E-state index >= 15 is 0 Å². The van der Waals surface area contributed by atoms with Gasteiger partial charge >= 0.3 is 0 Å². The minimum Gasteiger partial charge on any atom is -0.387 e. The molecule has 1 heterocycles. The van der Waals surface area contributed by atoms with Gasteiger partial charge in [-0.15, -0.1) is 0 Å². The van der Waals surface area contributed by atoms with Crippen LogP contribution in [0, 0.1) is 21.8 Å². The number of hydrogen-bond donors (Lipinski definition) is 1. The molecule has 1 aromatic carbocycles. The van der Waals surface area contributed by atoms with E-state index in [2.05, 4.69) is 0 Å². The standard InChI is InChI=1S/C13H15FN2O3/c14-11-3-9(4-12(5-11)16(18)19)6-15-7-13(17,8-15)10-1-2-10/h3-5,10,17H,1-2,6-8H2. The SMILES string of the molecule is O=[N+]([O-])c1cc(F)cc(CN2CC(O)(C3CC3)C2)c1. The molecule has 2 aliphatic rings. The number of halogens is 1. The molecule has 102 valence electrons. The monoisotopic (exact) mass is 266 g/mol. The molecule has 1 saturated heterocycles. The lowest BCUT2D eigenvalue weighted by Gasteiger charge is -2.47. The molecular weight excluding hydrogens is 251 g/mol. The van der Waals surface area contributed by atoms with Crippen LogP contribution < -0.4 is 0 Å². The first-order valence-electron chi connectivity index (χ1n) is 6.35. The maximum Gasteiger partial charge on any atom is 0.272 e. The minimum absolute atomic E-state index is 0.229. The molecule has 3 rings (SSSR count). The van der Waals surface area contributed by atoms with Gasteiger partial charge in [0.05, 0.1) is 16.6 Å². The van der Waals surface area contributed by atoms with E-state index in [-0.39, 0.29) is 5.69 Å². The second kappa shape index (κ2) is 4.25. The molecule has 1 aliphatic carbocycles. The van der Waals surface area contributed by atoms with Crippen molar-refractivity contribution >= 4 is 5.69 Å². The second-order valence-electron chi connectivity index (χ2n) is 5.60. The zero-order valence-corrected chi connectivity index (χ0v) is 10.4. The van der Waals surface area contributed by atoms with Crippen molar-refractivity contribution in [1.82, 2.24) is 4.90 Å². The van der Waals surface area contributed by atoms with Crippen molar-refractivity contribution in [1.29, 1.82) is 0 Å². The number of non-ortho nitro benzene ring substituents is 1. The normalized spacial score (nSPS) is 22.0. The molecule has 0 radical (unpaired) electrons. The van der Waals surface area contributed by atoms with E-state index in [1.54, 1.807) is 0 Å². The largest absolute Gasteiger partial charge is 0.387 e. The van der Waals surface area contributed by atoms with Gasteiger partial charge in [0.15, 0.2) is 0 Å². The minimum atomic E-state index is -0.595. The summed E-state index contributed by atoms with van der Waals surface area (Å²) in [6.07, 6.45) is 2.16. The smallest absolute Gasteiger partial charge is 0.272 e. The van der Waals surface area contributed by atoms with Gasteiger partial charge in [-0.05, 0) is 30.4 Å². The van der Waals surface area contributed by atoms with Crippen molar-refractivity contribution < 1.29 is 14.4 Å². The molecule has 1 N–H and O–H groups in total. The van der Waals surface area contributed by atoms with Gasteiger partial charge in [-0.2, -0.15) is 0 Å². The molecule has 1 aliphatic heterocycles. The average molecular weight is 266 g/mol. The number of nitro benzene ring substituents is 1. The highest BCUT2D eigenvalue weighted by Gasteiger charge is 2.51. The highest BCUT2D eigenvalue weighted by Crippen LogP contribution is 2.44. The third-order valence-corrected chi connectivity index (χ3v) is 3.89. The number of aliphatic hydroxyl groups is 1. The summed E-state index contributed by atoms with van der Waals surface area (Å²) in [7, 11) is 0. The molecule has 2 fully saturated rings.